The number of hydrogen-bond donors (Lipinski definition) is 0. The molecule has 0 fully saturated rings. The van der Waals surface area contributed by atoms with Crippen LogP contribution in [0.2, 0.25) is 0 Å². The monoisotopic (exact) mass is 304 g/mol. The lowest BCUT2D eigenvalue weighted by Crippen LogP contribution is -2.26. The van der Waals surface area contributed by atoms with Crippen molar-refractivity contribution in [1.82, 2.24) is 0 Å². The lowest BCUT2D eigenvalue weighted by molar-refractivity contribution is -0.129. The van der Waals surface area contributed by atoms with Crippen molar-refractivity contribution in [2.45, 2.75) is 27.7 Å². The highest BCUT2D eigenvalue weighted by atomic mass is 16.5. The summed E-state index contributed by atoms with van der Waals surface area (Å²) in [5.41, 5.74) is 0.700. The number of esters is 1. The molecule has 22 heavy (non-hydrogen) atoms. The normalized spacial score (nSPS) is 11.5. The standard InChI is InChI=1S/C17H20O5/c1-10-12-8-11(20-5)6-7-13(12)22-15(10)16(19)21-9-14(18)17(2,3)4/h6-8H,9H2,1-5H3. The van der Waals surface area contributed by atoms with Crippen molar-refractivity contribution < 1.29 is 23.5 Å². The van der Waals surface area contributed by atoms with E-state index in [1.165, 1.54) is 0 Å². The Bertz CT molecular complexity index is 718. The predicted molar refractivity (Wildman–Crippen MR) is 82.2 cm³/mol. The number of ketones is 1. The van der Waals surface area contributed by atoms with Crippen LogP contribution in [-0.2, 0) is 9.53 Å². The van der Waals surface area contributed by atoms with E-state index in [1.54, 1.807) is 53.0 Å². The van der Waals surface area contributed by atoms with Gasteiger partial charge in [0.25, 0.3) is 0 Å². The van der Waals surface area contributed by atoms with Crippen LogP contribution in [0.4, 0.5) is 0 Å². The van der Waals surface area contributed by atoms with E-state index < -0.39 is 11.4 Å². The average molecular weight is 304 g/mol. The Labute approximate surface area is 129 Å². The minimum absolute atomic E-state index is 0.116. The van der Waals surface area contributed by atoms with Gasteiger partial charge in [0.05, 0.1) is 7.11 Å². The Kier molecular flexibility index (Phi) is 4.26. The number of ether oxygens (including phenoxy) is 2. The maximum atomic E-state index is 12.1. The molecule has 0 radical (unpaired) electrons. The molecule has 0 amide bonds. The van der Waals surface area contributed by atoms with E-state index >= 15 is 0 Å². The summed E-state index contributed by atoms with van der Waals surface area (Å²) in [6.45, 7) is 6.85. The predicted octanol–water partition coefficient (Wildman–Crippen LogP) is 3.52. The van der Waals surface area contributed by atoms with E-state index in [0.29, 0.717) is 16.9 Å². The first-order valence-electron chi connectivity index (χ1n) is 7.01. The summed E-state index contributed by atoms with van der Waals surface area (Å²) in [6, 6.07) is 5.28. The highest BCUT2D eigenvalue weighted by Gasteiger charge is 2.25. The summed E-state index contributed by atoms with van der Waals surface area (Å²) < 4.78 is 15.8. The van der Waals surface area contributed by atoms with Crippen LogP contribution in [0.15, 0.2) is 22.6 Å². The number of rotatable bonds is 4. The summed E-state index contributed by atoms with van der Waals surface area (Å²) in [6.07, 6.45) is 0. The molecule has 0 aliphatic rings. The lowest BCUT2D eigenvalue weighted by atomic mass is 9.91. The van der Waals surface area contributed by atoms with Gasteiger partial charge in [0, 0.05) is 16.4 Å². The minimum Gasteiger partial charge on any atom is -0.497 e. The molecular formula is C17H20O5. The molecule has 2 rings (SSSR count). The summed E-state index contributed by atoms with van der Waals surface area (Å²) in [5, 5.41) is 0.786. The van der Waals surface area contributed by atoms with Gasteiger partial charge in [0.2, 0.25) is 5.76 Å². The van der Waals surface area contributed by atoms with Crippen molar-refractivity contribution in [3.05, 3.63) is 29.5 Å². The molecule has 0 aliphatic carbocycles. The fraction of sp³-hybridized carbons (Fsp3) is 0.412. The van der Waals surface area contributed by atoms with Gasteiger partial charge in [-0.15, -0.1) is 0 Å². The van der Waals surface area contributed by atoms with E-state index in [2.05, 4.69) is 0 Å². The van der Waals surface area contributed by atoms with Gasteiger partial charge >= 0.3 is 5.97 Å². The zero-order valence-electron chi connectivity index (χ0n) is 13.5. The third-order valence-electron chi connectivity index (χ3n) is 3.50. The third kappa shape index (κ3) is 3.13. The first-order valence-corrected chi connectivity index (χ1v) is 7.01. The van der Waals surface area contributed by atoms with Crippen molar-refractivity contribution in [1.29, 1.82) is 0 Å². The SMILES string of the molecule is COc1ccc2oc(C(=O)OCC(=O)C(C)(C)C)c(C)c2c1. The molecule has 0 atom stereocenters. The van der Waals surface area contributed by atoms with Crippen molar-refractivity contribution in [3.63, 3.8) is 0 Å². The van der Waals surface area contributed by atoms with Gasteiger partial charge in [0.15, 0.2) is 12.4 Å². The largest absolute Gasteiger partial charge is 0.497 e. The second kappa shape index (κ2) is 5.83. The second-order valence-corrected chi connectivity index (χ2v) is 6.17. The smallest absolute Gasteiger partial charge is 0.374 e. The highest BCUT2D eigenvalue weighted by molar-refractivity contribution is 5.97. The number of furan rings is 1. The zero-order chi connectivity index (χ0) is 16.5. The van der Waals surface area contributed by atoms with E-state index in [4.69, 9.17) is 13.9 Å². The van der Waals surface area contributed by atoms with Crippen molar-refractivity contribution in [2.75, 3.05) is 13.7 Å². The van der Waals surface area contributed by atoms with E-state index in [9.17, 15) is 9.59 Å². The number of aryl methyl sites for hydroxylation is 1. The Morgan fingerprint density at radius 3 is 2.50 bits per heavy atom. The molecule has 0 saturated heterocycles. The van der Waals surface area contributed by atoms with Crippen LogP contribution in [0.25, 0.3) is 11.0 Å². The van der Waals surface area contributed by atoms with E-state index in [1.807, 2.05) is 0 Å². The Hall–Kier alpha value is -2.30. The van der Waals surface area contributed by atoms with Gasteiger partial charge in [0.1, 0.15) is 11.3 Å². The summed E-state index contributed by atoms with van der Waals surface area (Å²) in [7, 11) is 1.57. The number of carbonyl (C=O) groups excluding carboxylic acids is 2. The first-order chi connectivity index (χ1) is 10.2. The quantitative estimate of drug-likeness (QED) is 0.808. The molecule has 118 valence electrons. The van der Waals surface area contributed by atoms with Crippen molar-refractivity contribution >= 4 is 22.7 Å². The average Bonchev–Trinajstić information content (AvgIpc) is 2.80. The van der Waals surface area contributed by atoms with Gasteiger partial charge in [-0.25, -0.2) is 4.79 Å². The number of Topliss-reactive ketones (excluding diaryl/α,β-unsaturated/α-hetero) is 1. The van der Waals surface area contributed by atoms with Gasteiger partial charge in [-0.3, -0.25) is 4.79 Å². The number of fused-ring (bicyclic) bond motifs is 1. The van der Waals surface area contributed by atoms with Crippen LogP contribution in [0.1, 0.15) is 36.9 Å². The Morgan fingerprint density at radius 1 is 1.23 bits per heavy atom. The molecule has 2 aromatic rings. The van der Waals surface area contributed by atoms with Crippen LogP contribution in [-0.4, -0.2) is 25.5 Å². The molecule has 5 nitrogen and oxygen atoms in total. The zero-order valence-corrected chi connectivity index (χ0v) is 13.5. The van der Waals surface area contributed by atoms with Crippen molar-refractivity contribution in [3.8, 4) is 5.75 Å². The van der Waals surface area contributed by atoms with E-state index in [0.717, 1.165) is 5.39 Å². The topological polar surface area (TPSA) is 65.7 Å². The summed E-state index contributed by atoms with van der Waals surface area (Å²) >= 11 is 0. The highest BCUT2D eigenvalue weighted by Crippen LogP contribution is 2.29. The fourth-order valence-corrected chi connectivity index (χ4v) is 1.93. The molecule has 0 unspecified atom stereocenters. The molecule has 0 aliphatic heterocycles. The molecule has 1 heterocycles. The molecule has 0 saturated carbocycles. The van der Waals surface area contributed by atoms with Gasteiger partial charge in [-0.05, 0) is 25.1 Å². The Morgan fingerprint density at radius 2 is 1.91 bits per heavy atom. The third-order valence-corrected chi connectivity index (χ3v) is 3.50. The summed E-state index contributed by atoms with van der Waals surface area (Å²) in [5.74, 6) is 0.0192. The minimum atomic E-state index is -0.634. The second-order valence-electron chi connectivity index (χ2n) is 6.17. The van der Waals surface area contributed by atoms with Gasteiger partial charge < -0.3 is 13.9 Å². The fourth-order valence-electron chi connectivity index (χ4n) is 1.93. The molecule has 5 heteroatoms. The molecule has 0 spiro atoms. The molecule has 0 N–H and O–H groups in total. The van der Waals surface area contributed by atoms with E-state index in [-0.39, 0.29) is 18.2 Å². The Balaban J connectivity index is 2.22. The molecule has 0 bridgehead atoms. The molecular weight excluding hydrogens is 284 g/mol. The lowest BCUT2D eigenvalue weighted by Gasteiger charge is -2.15. The first kappa shape index (κ1) is 16.1. The molecule has 1 aromatic heterocycles. The number of hydrogen-bond acceptors (Lipinski definition) is 5. The van der Waals surface area contributed by atoms with Crippen LogP contribution >= 0.6 is 0 Å². The van der Waals surface area contributed by atoms with Crippen LogP contribution in [0, 0.1) is 12.3 Å². The van der Waals surface area contributed by atoms with Crippen LogP contribution in [0.3, 0.4) is 0 Å². The summed E-state index contributed by atoms with van der Waals surface area (Å²) in [4.78, 5) is 23.9. The van der Waals surface area contributed by atoms with Crippen LogP contribution in [0.5, 0.6) is 5.75 Å². The number of benzene rings is 1. The van der Waals surface area contributed by atoms with Crippen LogP contribution < -0.4 is 4.74 Å². The van der Waals surface area contributed by atoms with Gasteiger partial charge in [-0.2, -0.15) is 0 Å². The number of methoxy groups -OCH3 is 1. The maximum Gasteiger partial charge on any atom is 0.374 e. The van der Waals surface area contributed by atoms with Crippen molar-refractivity contribution in [2.24, 2.45) is 5.41 Å². The maximum absolute atomic E-state index is 12.1. The number of carbonyl (C=O) groups is 2. The molecule has 1 aromatic carbocycles. The van der Waals surface area contributed by atoms with Gasteiger partial charge in [-0.1, -0.05) is 20.8 Å².